The van der Waals surface area contributed by atoms with Gasteiger partial charge in [0.2, 0.25) is 0 Å². The summed E-state index contributed by atoms with van der Waals surface area (Å²) in [5.41, 5.74) is 2.19. The van der Waals surface area contributed by atoms with Crippen molar-refractivity contribution in [2.75, 3.05) is 12.4 Å². The van der Waals surface area contributed by atoms with Crippen molar-refractivity contribution in [1.82, 2.24) is 0 Å². The predicted octanol–water partition coefficient (Wildman–Crippen LogP) is 3.66. The predicted molar refractivity (Wildman–Crippen MR) is 79.8 cm³/mol. The Hall–Kier alpha value is -1.45. The van der Waals surface area contributed by atoms with Gasteiger partial charge in [-0.2, -0.15) is 0 Å². The van der Waals surface area contributed by atoms with Gasteiger partial charge >= 0.3 is 0 Å². The van der Waals surface area contributed by atoms with E-state index in [1.54, 1.807) is 11.8 Å². The molecule has 0 unspecified atom stereocenters. The number of hydrogen-bond acceptors (Lipinski definition) is 3. The van der Waals surface area contributed by atoms with Crippen molar-refractivity contribution in [2.24, 2.45) is 0 Å². The zero-order chi connectivity index (χ0) is 13.5. The Morgan fingerprint density at radius 3 is 2.32 bits per heavy atom. The van der Waals surface area contributed by atoms with Gasteiger partial charge < -0.3 is 9.84 Å². The summed E-state index contributed by atoms with van der Waals surface area (Å²) in [4.78, 5) is 1.20. The van der Waals surface area contributed by atoms with Crippen LogP contribution in [-0.2, 0) is 6.61 Å². The van der Waals surface area contributed by atoms with Gasteiger partial charge in [-0.25, -0.2) is 0 Å². The van der Waals surface area contributed by atoms with E-state index in [-0.39, 0.29) is 6.61 Å². The van der Waals surface area contributed by atoms with Crippen LogP contribution in [0.4, 0.5) is 0 Å². The Morgan fingerprint density at radius 2 is 1.68 bits per heavy atom. The molecule has 0 radical (unpaired) electrons. The lowest BCUT2D eigenvalue weighted by atomic mass is 10.2. The van der Waals surface area contributed by atoms with E-state index >= 15 is 0 Å². The van der Waals surface area contributed by atoms with Gasteiger partial charge in [0.1, 0.15) is 5.75 Å². The number of aryl methyl sites for hydroxylation is 1. The molecule has 0 aromatic heterocycles. The summed E-state index contributed by atoms with van der Waals surface area (Å²) < 4.78 is 5.67. The van der Waals surface area contributed by atoms with E-state index in [9.17, 15) is 0 Å². The molecule has 2 aromatic rings. The van der Waals surface area contributed by atoms with E-state index in [1.165, 1.54) is 10.5 Å². The molecular weight excluding hydrogens is 256 g/mol. The smallest absolute Gasteiger partial charge is 0.119 e. The molecule has 0 aliphatic rings. The van der Waals surface area contributed by atoms with Crippen LogP contribution in [0, 0.1) is 6.92 Å². The number of aliphatic hydroxyl groups is 1. The monoisotopic (exact) mass is 274 g/mol. The maximum absolute atomic E-state index is 8.96. The Kier molecular flexibility index (Phi) is 5.31. The molecule has 19 heavy (non-hydrogen) atoms. The number of rotatable bonds is 6. The normalized spacial score (nSPS) is 10.4. The zero-order valence-corrected chi connectivity index (χ0v) is 11.8. The third-order valence-electron chi connectivity index (χ3n) is 2.75. The van der Waals surface area contributed by atoms with Crippen LogP contribution >= 0.6 is 11.8 Å². The summed E-state index contributed by atoms with van der Waals surface area (Å²) >= 11 is 1.76. The molecule has 0 aliphatic carbocycles. The highest BCUT2D eigenvalue weighted by Gasteiger charge is 1.97. The highest BCUT2D eigenvalue weighted by atomic mass is 32.2. The summed E-state index contributed by atoms with van der Waals surface area (Å²) in [5, 5.41) is 8.96. The topological polar surface area (TPSA) is 29.5 Å². The molecular formula is C16H18O2S. The molecule has 100 valence electrons. The van der Waals surface area contributed by atoms with E-state index in [4.69, 9.17) is 9.84 Å². The lowest BCUT2D eigenvalue weighted by molar-refractivity contribution is 0.282. The van der Waals surface area contributed by atoms with Gasteiger partial charge in [-0.3, -0.25) is 0 Å². The Balaban J connectivity index is 1.72. The van der Waals surface area contributed by atoms with Gasteiger partial charge in [0, 0.05) is 10.6 Å². The largest absolute Gasteiger partial charge is 0.493 e. The molecule has 2 rings (SSSR count). The first kappa shape index (κ1) is 14.0. The highest BCUT2D eigenvalue weighted by molar-refractivity contribution is 7.99. The molecule has 0 spiro atoms. The minimum absolute atomic E-state index is 0.0987. The van der Waals surface area contributed by atoms with Crippen LogP contribution in [0.3, 0.4) is 0 Å². The lowest BCUT2D eigenvalue weighted by Gasteiger charge is -2.06. The summed E-state index contributed by atoms with van der Waals surface area (Å²) in [6.45, 7) is 2.85. The number of aliphatic hydroxyl groups excluding tert-OH is 1. The van der Waals surface area contributed by atoms with Crippen molar-refractivity contribution >= 4 is 11.8 Å². The molecule has 0 fully saturated rings. The van der Waals surface area contributed by atoms with Crippen molar-refractivity contribution in [3.05, 3.63) is 59.7 Å². The Bertz CT molecular complexity index is 491. The first-order chi connectivity index (χ1) is 9.28. The van der Waals surface area contributed by atoms with E-state index in [0.29, 0.717) is 6.61 Å². The molecule has 0 amide bonds. The van der Waals surface area contributed by atoms with Crippen LogP contribution in [0.5, 0.6) is 5.75 Å². The summed E-state index contributed by atoms with van der Waals surface area (Å²) in [5.74, 6) is 1.83. The Labute approximate surface area is 118 Å². The number of benzene rings is 2. The van der Waals surface area contributed by atoms with Gasteiger partial charge in [0.05, 0.1) is 13.2 Å². The molecule has 0 saturated heterocycles. The van der Waals surface area contributed by atoms with Crippen molar-refractivity contribution < 1.29 is 9.84 Å². The lowest BCUT2D eigenvalue weighted by Crippen LogP contribution is -1.99. The van der Waals surface area contributed by atoms with E-state index in [1.807, 2.05) is 36.4 Å². The van der Waals surface area contributed by atoms with Gasteiger partial charge in [0.15, 0.2) is 0 Å². The van der Waals surface area contributed by atoms with Gasteiger partial charge in [0.25, 0.3) is 0 Å². The average Bonchev–Trinajstić information content (AvgIpc) is 2.46. The van der Waals surface area contributed by atoms with Crippen molar-refractivity contribution in [2.45, 2.75) is 18.4 Å². The molecule has 0 bridgehead atoms. The first-order valence-electron chi connectivity index (χ1n) is 6.30. The Morgan fingerprint density at radius 1 is 1.00 bits per heavy atom. The van der Waals surface area contributed by atoms with Crippen LogP contribution in [0.15, 0.2) is 53.4 Å². The molecule has 2 nitrogen and oxygen atoms in total. The molecule has 0 aliphatic heterocycles. The average molecular weight is 274 g/mol. The number of ether oxygens (including phenoxy) is 1. The molecule has 0 heterocycles. The van der Waals surface area contributed by atoms with Crippen LogP contribution in [0.1, 0.15) is 11.1 Å². The highest BCUT2D eigenvalue weighted by Crippen LogP contribution is 2.19. The summed E-state index contributed by atoms with van der Waals surface area (Å²) in [6, 6.07) is 16.1. The first-order valence-corrected chi connectivity index (χ1v) is 7.28. The molecule has 0 saturated carbocycles. The van der Waals surface area contributed by atoms with Crippen LogP contribution < -0.4 is 4.74 Å². The second-order valence-corrected chi connectivity index (χ2v) is 5.48. The summed E-state index contributed by atoms with van der Waals surface area (Å²) in [7, 11) is 0. The molecule has 2 aromatic carbocycles. The van der Waals surface area contributed by atoms with Crippen molar-refractivity contribution in [3.8, 4) is 5.75 Å². The maximum atomic E-state index is 8.96. The fourth-order valence-corrected chi connectivity index (χ4v) is 2.38. The van der Waals surface area contributed by atoms with E-state index < -0.39 is 0 Å². The van der Waals surface area contributed by atoms with Gasteiger partial charge in [-0.1, -0.05) is 29.8 Å². The SMILES string of the molecule is Cc1ccc(OCCSc2ccc(CO)cc2)cc1. The molecule has 0 atom stereocenters. The second-order valence-electron chi connectivity index (χ2n) is 4.31. The minimum atomic E-state index is 0.0987. The van der Waals surface area contributed by atoms with Gasteiger partial charge in [-0.15, -0.1) is 11.8 Å². The third kappa shape index (κ3) is 4.62. The van der Waals surface area contributed by atoms with Crippen LogP contribution in [0.25, 0.3) is 0 Å². The van der Waals surface area contributed by atoms with E-state index in [0.717, 1.165) is 17.1 Å². The van der Waals surface area contributed by atoms with E-state index in [2.05, 4.69) is 19.1 Å². The zero-order valence-electron chi connectivity index (χ0n) is 11.0. The van der Waals surface area contributed by atoms with Crippen LogP contribution in [0.2, 0.25) is 0 Å². The maximum Gasteiger partial charge on any atom is 0.119 e. The quantitative estimate of drug-likeness (QED) is 0.644. The minimum Gasteiger partial charge on any atom is -0.493 e. The fraction of sp³-hybridized carbons (Fsp3) is 0.250. The van der Waals surface area contributed by atoms with Crippen molar-refractivity contribution in [1.29, 1.82) is 0 Å². The van der Waals surface area contributed by atoms with Crippen LogP contribution in [-0.4, -0.2) is 17.5 Å². The van der Waals surface area contributed by atoms with Gasteiger partial charge in [-0.05, 0) is 36.8 Å². The number of thioether (sulfide) groups is 1. The number of hydrogen-bond donors (Lipinski definition) is 1. The second kappa shape index (κ2) is 7.22. The fourth-order valence-electron chi connectivity index (χ4n) is 1.64. The third-order valence-corrected chi connectivity index (χ3v) is 3.72. The molecule has 3 heteroatoms. The standard InChI is InChI=1S/C16H18O2S/c1-13-2-6-15(7-3-13)18-10-11-19-16-8-4-14(12-17)5-9-16/h2-9,17H,10-12H2,1H3. The summed E-state index contributed by atoms with van der Waals surface area (Å²) in [6.07, 6.45) is 0. The molecule has 1 N–H and O–H groups in total. The van der Waals surface area contributed by atoms with Crippen molar-refractivity contribution in [3.63, 3.8) is 0 Å².